The van der Waals surface area contributed by atoms with Gasteiger partial charge in [-0.2, -0.15) is 0 Å². The lowest BCUT2D eigenvalue weighted by Crippen LogP contribution is -2.06. The molecule has 13 heavy (non-hydrogen) atoms. The lowest BCUT2D eigenvalue weighted by molar-refractivity contribution is 1.05. The van der Waals surface area contributed by atoms with Crippen molar-refractivity contribution in [2.45, 2.75) is 6.04 Å². The number of aliphatic imine (C=N–C) groups is 1. The summed E-state index contributed by atoms with van der Waals surface area (Å²) in [7, 11) is 0. The maximum absolute atomic E-state index is 11.0. The Labute approximate surface area is 73.7 Å². The van der Waals surface area contributed by atoms with Gasteiger partial charge in [-0.25, -0.2) is 4.79 Å². The summed E-state index contributed by atoms with van der Waals surface area (Å²) in [4.78, 5) is 20.7. The molecule has 1 aliphatic heterocycles. The summed E-state index contributed by atoms with van der Waals surface area (Å²) in [6, 6.07) is 0.0962. The summed E-state index contributed by atoms with van der Waals surface area (Å²) in [6.45, 7) is 0. The molecule has 64 valence electrons. The highest BCUT2D eigenvalue weighted by Gasteiger charge is 2.22. The Kier molecular flexibility index (Phi) is 1.07. The summed E-state index contributed by atoms with van der Waals surface area (Å²) >= 11 is 0. The van der Waals surface area contributed by atoms with Gasteiger partial charge in [0.1, 0.15) is 0 Å². The Hall–Kier alpha value is -1.84. The second-order valence-electron chi connectivity index (χ2n) is 3.09. The molecule has 0 bridgehead atoms. The summed E-state index contributed by atoms with van der Waals surface area (Å²) in [5, 5.41) is 0. The number of nitrogens with one attached hydrogen (secondary N) is 2. The predicted molar refractivity (Wildman–Crippen MR) is 50.7 cm³/mol. The molecule has 1 unspecified atom stereocenters. The van der Waals surface area contributed by atoms with Gasteiger partial charge in [0.05, 0.1) is 17.4 Å². The second-order valence-corrected chi connectivity index (χ2v) is 3.09. The molecule has 0 aromatic carbocycles. The zero-order chi connectivity index (χ0) is 8.84. The van der Waals surface area contributed by atoms with E-state index in [0.29, 0.717) is 0 Å². The summed E-state index contributed by atoms with van der Waals surface area (Å²) in [5.41, 5.74) is 2.62. The van der Waals surface area contributed by atoms with Gasteiger partial charge in [0, 0.05) is 11.8 Å². The molecule has 1 atom stereocenters. The Morgan fingerprint density at radius 1 is 1.38 bits per heavy atom. The van der Waals surface area contributed by atoms with Gasteiger partial charge in [-0.15, -0.1) is 0 Å². The Balaban J connectivity index is 2.30. The van der Waals surface area contributed by atoms with Crippen molar-refractivity contribution in [3.8, 4) is 0 Å². The first kappa shape index (κ1) is 6.65. The molecule has 0 saturated heterocycles. The smallest absolute Gasteiger partial charge is 0.306 e. The number of rotatable bonds is 0. The normalized spacial score (nSPS) is 22.8. The van der Waals surface area contributed by atoms with E-state index in [1.807, 2.05) is 18.2 Å². The van der Waals surface area contributed by atoms with Crippen LogP contribution in [-0.2, 0) is 0 Å². The van der Waals surface area contributed by atoms with Gasteiger partial charge >= 0.3 is 5.69 Å². The third-order valence-electron chi connectivity index (χ3n) is 2.31. The lowest BCUT2D eigenvalue weighted by Gasteiger charge is -2.11. The fraction of sp³-hybridized carbons (Fsp3) is 0.111. The first-order chi connectivity index (χ1) is 6.34. The van der Waals surface area contributed by atoms with Crippen LogP contribution in [0.25, 0.3) is 11.6 Å². The van der Waals surface area contributed by atoms with Crippen molar-refractivity contribution in [1.29, 1.82) is 0 Å². The van der Waals surface area contributed by atoms with Crippen LogP contribution in [0, 0.1) is 0 Å². The van der Waals surface area contributed by atoms with Gasteiger partial charge in [-0.1, -0.05) is 6.08 Å². The zero-order valence-corrected chi connectivity index (χ0v) is 6.74. The maximum Gasteiger partial charge on any atom is 0.323 e. The maximum atomic E-state index is 11.0. The number of aromatic nitrogens is 2. The molecule has 0 radical (unpaired) electrons. The van der Waals surface area contributed by atoms with Crippen molar-refractivity contribution < 1.29 is 0 Å². The van der Waals surface area contributed by atoms with E-state index in [9.17, 15) is 4.79 Å². The first-order valence-corrected chi connectivity index (χ1v) is 4.09. The molecule has 2 heterocycles. The molecule has 2 N–H and O–H groups in total. The van der Waals surface area contributed by atoms with Gasteiger partial charge in [-0.3, -0.25) is 4.99 Å². The zero-order valence-electron chi connectivity index (χ0n) is 6.74. The molecule has 1 aromatic heterocycles. The number of imidazole rings is 1. The van der Waals surface area contributed by atoms with Gasteiger partial charge in [-0.05, 0) is 12.2 Å². The molecule has 4 heteroatoms. The van der Waals surface area contributed by atoms with E-state index in [4.69, 9.17) is 0 Å². The van der Waals surface area contributed by atoms with Crippen molar-refractivity contribution in [2.24, 2.45) is 4.99 Å². The monoisotopic (exact) mass is 173 g/mol. The SMILES string of the molecule is O=c1[nH]c2c([nH]1)C1=CC=NC1C=C2. The minimum absolute atomic E-state index is 0.0962. The van der Waals surface area contributed by atoms with Crippen LogP contribution < -0.4 is 5.69 Å². The topological polar surface area (TPSA) is 61.0 Å². The van der Waals surface area contributed by atoms with Crippen LogP contribution in [0.15, 0.2) is 21.9 Å². The van der Waals surface area contributed by atoms with Crippen molar-refractivity contribution >= 4 is 17.9 Å². The average molecular weight is 173 g/mol. The van der Waals surface area contributed by atoms with E-state index in [0.717, 1.165) is 17.0 Å². The Bertz CT molecular complexity index is 501. The number of allylic oxidation sites excluding steroid dienone is 1. The van der Waals surface area contributed by atoms with Crippen molar-refractivity contribution in [3.63, 3.8) is 0 Å². The molecule has 3 rings (SSSR count). The van der Waals surface area contributed by atoms with E-state index in [1.165, 1.54) is 0 Å². The molecule has 0 amide bonds. The minimum Gasteiger partial charge on any atom is -0.306 e. The molecule has 4 nitrogen and oxygen atoms in total. The molecule has 0 fully saturated rings. The first-order valence-electron chi connectivity index (χ1n) is 4.09. The van der Waals surface area contributed by atoms with Crippen LogP contribution in [0.3, 0.4) is 0 Å². The summed E-state index contributed by atoms with van der Waals surface area (Å²) < 4.78 is 0. The van der Waals surface area contributed by atoms with Gasteiger partial charge in [0.25, 0.3) is 0 Å². The van der Waals surface area contributed by atoms with Crippen molar-refractivity contribution in [3.05, 3.63) is 34.0 Å². The standard InChI is InChI=1S/C9H7N3O/c13-9-11-7-2-1-6-5(3-4-10-6)8(7)12-9/h1-4,6H,(H2,11,12,13). The number of hydrogen-bond donors (Lipinski definition) is 2. The van der Waals surface area contributed by atoms with Gasteiger partial charge < -0.3 is 9.97 Å². The molecule has 0 spiro atoms. The van der Waals surface area contributed by atoms with Crippen molar-refractivity contribution in [2.75, 3.05) is 0 Å². The van der Waals surface area contributed by atoms with E-state index in [2.05, 4.69) is 15.0 Å². The highest BCUT2D eigenvalue weighted by atomic mass is 16.1. The van der Waals surface area contributed by atoms with Crippen LogP contribution in [0.2, 0.25) is 0 Å². The second kappa shape index (κ2) is 2.10. The van der Waals surface area contributed by atoms with Crippen LogP contribution in [0.1, 0.15) is 11.4 Å². The van der Waals surface area contributed by atoms with Crippen LogP contribution in [0.5, 0.6) is 0 Å². The largest absolute Gasteiger partial charge is 0.323 e. The van der Waals surface area contributed by atoms with Crippen molar-refractivity contribution in [1.82, 2.24) is 9.97 Å². The Morgan fingerprint density at radius 3 is 3.23 bits per heavy atom. The van der Waals surface area contributed by atoms with Gasteiger partial charge in [0.2, 0.25) is 0 Å². The Morgan fingerprint density at radius 2 is 2.31 bits per heavy atom. The van der Waals surface area contributed by atoms with E-state index in [1.54, 1.807) is 6.21 Å². The quantitative estimate of drug-likeness (QED) is 0.591. The third-order valence-corrected chi connectivity index (χ3v) is 2.31. The summed E-state index contributed by atoms with van der Waals surface area (Å²) in [6.07, 6.45) is 7.56. The molecular weight excluding hydrogens is 166 g/mol. The van der Waals surface area contributed by atoms with Crippen LogP contribution >= 0.6 is 0 Å². The molecule has 0 saturated carbocycles. The fourth-order valence-electron chi connectivity index (χ4n) is 1.72. The molecule has 1 aliphatic carbocycles. The molecular formula is C9H7N3O. The fourth-order valence-corrected chi connectivity index (χ4v) is 1.72. The third kappa shape index (κ3) is 0.796. The van der Waals surface area contributed by atoms with Gasteiger partial charge in [0.15, 0.2) is 0 Å². The lowest BCUT2D eigenvalue weighted by atomic mass is 9.99. The molecule has 1 aromatic rings. The average Bonchev–Trinajstić information content (AvgIpc) is 2.65. The predicted octanol–water partition coefficient (Wildman–Crippen LogP) is 0.566. The minimum atomic E-state index is -0.164. The number of fused-ring (bicyclic) bond motifs is 3. The number of nitrogens with zero attached hydrogens (tertiary/aromatic N) is 1. The molecule has 2 aliphatic rings. The van der Waals surface area contributed by atoms with E-state index >= 15 is 0 Å². The van der Waals surface area contributed by atoms with Crippen LogP contribution in [-0.4, -0.2) is 22.2 Å². The number of hydrogen-bond acceptors (Lipinski definition) is 2. The summed E-state index contributed by atoms with van der Waals surface area (Å²) in [5.74, 6) is 0. The number of aromatic amines is 2. The highest BCUT2D eigenvalue weighted by Crippen LogP contribution is 2.29. The number of H-pyrrole nitrogens is 2. The van der Waals surface area contributed by atoms with E-state index < -0.39 is 0 Å². The van der Waals surface area contributed by atoms with Crippen LogP contribution in [0.4, 0.5) is 0 Å². The van der Waals surface area contributed by atoms with E-state index in [-0.39, 0.29) is 11.7 Å². The highest BCUT2D eigenvalue weighted by molar-refractivity contribution is 5.94.